The summed E-state index contributed by atoms with van der Waals surface area (Å²) in [4.78, 5) is 13.1. The molecule has 1 aliphatic heterocycles. The number of amides is 2. The molecular weight excluding hydrogens is 222 g/mol. The lowest BCUT2D eigenvalue weighted by Gasteiger charge is -2.24. The Morgan fingerprint density at radius 1 is 1.76 bits per heavy atom. The summed E-state index contributed by atoms with van der Waals surface area (Å²) >= 11 is 0. The van der Waals surface area contributed by atoms with Crippen LogP contribution in [0.5, 0.6) is 0 Å². The lowest BCUT2D eigenvalue weighted by Crippen LogP contribution is -2.40. The number of ether oxygens (including phenoxy) is 1. The van der Waals surface area contributed by atoms with Crippen molar-refractivity contribution < 1.29 is 14.6 Å². The summed E-state index contributed by atoms with van der Waals surface area (Å²) in [6, 6.07) is -0.118. The molecule has 1 heterocycles. The van der Waals surface area contributed by atoms with E-state index >= 15 is 0 Å². The topological polar surface area (TPSA) is 87.8 Å². The molecule has 0 aromatic rings. The van der Waals surface area contributed by atoms with E-state index in [1.807, 2.05) is 0 Å². The molecule has 2 amide bonds. The maximum Gasteiger partial charge on any atom is 0.317 e. The number of hydrogen-bond donors (Lipinski definition) is 3. The Morgan fingerprint density at radius 3 is 3.18 bits per heavy atom. The number of urea groups is 1. The van der Waals surface area contributed by atoms with Crippen LogP contribution < -0.4 is 11.1 Å². The van der Waals surface area contributed by atoms with Gasteiger partial charge >= 0.3 is 6.03 Å². The van der Waals surface area contributed by atoms with Crippen molar-refractivity contribution in [2.45, 2.75) is 18.6 Å². The molecule has 1 saturated heterocycles. The van der Waals surface area contributed by atoms with Gasteiger partial charge in [-0.1, -0.05) is 6.08 Å². The number of nitrogens with zero attached hydrogens (tertiary/aromatic N) is 1. The quantitative estimate of drug-likeness (QED) is 0.388. The summed E-state index contributed by atoms with van der Waals surface area (Å²) in [6.45, 7) is 5.69. The summed E-state index contributed by atoms with van der Waals surface area (Å²) in [6.07, 6.45) is 1.55. The van der Waals surface area contributed by atoms with Crippen LogP contribution >= 0.6 is 0 Å². The van der Waals surface area contributed by atoms with Crippen LogP contribution in [0, 0.1) is 0 Å². The average molecular weight is 243 g/mol. The molecule has 6 heteroatoms. The van der Waals surface area contributed by atoms with Crippen LogP contribution in [0.3, 0.4) is 0 Å². The number of hydrogen-bond acceptors (Lipinski definition) is 4. The van der Waals surface area contributed by atoms with E-state index in [4.69, 9.17) is 10.5 Å². The van der Waals surface area contributed by atoms with E-state index in [9.17, 15) is 9.90 Å². The Balaban J connectivity index is 2.33. The molecule has 1 aliphatic rings. The minimum atomic E-state index is -0.576. The first-order chi connectivity index (χ1) is 8.19. The second kappa shape index (κ2) is 7.26. The summed E-state index contributed by atoms with van der Waals surface area (Å²) in [7, 11) is 0. The van der Waals surface area contributed by atoms with Crippen molar-refractivity contribution in [1.29, 1.82) is 0 Å². The van der Waals surface area contributed by atoms with E-state index in [0.717, 1.165) is 0 Å². The SMILES string of the molecule is C=CCOCC(O)CC1CNC(=O)N1CCN. The standard InChI is InChI=1S/C11H21N3O3/c1-2-5-17-8-10(15)6-9-7-13-11(16)14(9)4-3-12/h2,9-10,15H,1,3-8,12H2,(H,13,16). The normalized spacial score (nSPS) is 21.4. The third kappa shape index (κ3) is 4.33. The highest BCUT2D eigenvalue weighted by Crippen LogP contribution is 2.12. The Hall–Kier alpha value is -1.11. The zero-order valence-corrected chi connectivity index (χ0v) is 9.97. The number of aliphatic hydroxyl groups is 1. The molecule has 4 N–H and O–H groups in total. The van der Waals surface area contributed by atoms with Gasteiger partial charge in [-0.15, -0.1) is 6.58 Å². The number of aliphatic hydroxyl groups excluding tert-OH is 1. The first-order valence-corrected chi connectivity index (χ1v) is 5.80. The van der Waals surface area contributed by atoms with Crippen molar-refractivity contribution >= 4 is 6.03 Å². The molecule has 6 nitrogen and oxygen atoms in total. The minimum Gasteiger partial charge on any atom is -0.391 e. The van der Waals surface area contributed by atoms with Crippen molar-refractivity contribution in [1.82, 2.24) is 10.2 Å². The van der Waals surface area contributed by atoms with E-state index in [-0.39, 0.29) is 18.7 Å². The second-order valence-electron chi connectivity index (χ2n) is 4.04. The first-order valence-electron chi connectivity index (χ1n) is 5.80. The van der Waals surface area contributed by atoms with Gasteiger partial charge in [0, 0.05) is 19.6 Å². The van der Waals surface area contributed by atoms with Gasteiger partial charge in [-0.05, 0) is 6.42 Å². The van der Waals surface area contributed by atoms with Gasteiger partial charge in [0.15, 0.2) is 0 Å². The Morgan fingerprint density at radius 2 is 2.53 bits per heavy atom. The van der Waals surface area contributed by atoms with E-state index in [1.54, 1.807) is 11.0 Å². The highest BCUT2D eigenvalue weighted by molar-refractivity contribution is 5.76. The van der Waals surface area contributed by atoms with Gasteiger partial charge < -0.3 is 25.8 Å². The zero-order valence-electron chi connectivity index (χ0n) is 9.97. The fraction of sp³-hybridized carbons (Fsp3) is 0.727. The van der Waals surface area contributed by atoms with Crippen LogP contribution in [0.1, 0.15) is 6.42 Å². The highest BCUT2D eigenvalue weighted by Gasteiger charge is 2.31. The molecule has 17 heavy (non-hydrogen) atoms. The van der Waals surface area contributed by atoms with Gasteiger partial charge in [0.25, 0.3) is 0 Å². The summed E-state index contributed by atoms with van der Waals surface area (Å²) in [5.74, 6) is 0. The lowest BCUT2D eigenvalue weighted by atomic mass is 10.1. The van der Waals surface area contributed by atoms with E-state index < -0.39 is 6.10 Å². The maximum absolute atomic E-state index is 11.4. The molecule has 0 radical (unpaired) electrons. The van der Waals surface area contributed by atoms with Crippen molar-refractivity contribution in [3.8, 4) is 0 Å². The Bertz CT molecular complexity index is 260. The molecule has 0 aromatic heterocycles. The lowest BCUT2D eigenvalue weighted by molar-refractivity contribution is 0.0335. The summed E-state index contributed by atoms with van der Waals surface area (Å²) in [5.41, 5.74) is 5.44. The monoisotopic (exact) mass is 243 g/mol. The van der Waals surface area contributed by atoms with Crippen molar-refractivity contribution in [2.24, 2.45) is 5.73 Å². The highest BCUT2D eigenvalue weighted by atomic mass is 16.5. The molecular formula is C11H21N3O3. The van der Waals surface area contributed by atoms with Crippen LogP contribution in [-0.4, -0.2) is 61.0 Å². The second-order valence-corrected chi connectivity index (χ2v) is 4.04. The van der Waals surface area contributed by atoms with Crippen molar-refractivity contribution in [3.05, 3.63) is 12.7 Å². The van der Waals surface area contributed by atoms with Crippen LogP contribution in [0.25, 0.3) is 0 Å². The number of carbonyl (C=O) groups is 1. The van der Waals surface area contributed by atoms with Crippen molar-refractivity contribution in [3.63, 3.8) is 0 Å². The first kappa shape index (κ1) is 14.0. The van der Waals surface area contributed by atoms with Gasteiger partial charge in [-0.3, -0.25) is 0 Å². The predicted molar refractivity (Wildman–Crippen MR) is 64.6 cm³/mol. The summed E-state index contributed by atoms with van der Waals surface area (Å²) in [5, 5.41) is 12.5. The predicted octanol–water partition coefficient (Wildman–Crippen LogP) is -0.707. The van der Waals surface area contributed by atoms with E-state index in [1.165, 1.54) is 0 Å². The Kier molecular flexibility index (Phi) is 5.96. The molecule has 0 bridgehead atoms. The molecule has 0 spiro atoms. The third-order valence-electron chi connectivity index (χ3n) is 2.65. The average Bonchev–Trinajstić information content (AvgIpc) is 2.62. The molecule has 1 rings (SSSR count). The minimum absolute atomic E-state index is 0.00613. The fourth-order valence-electron chi connectivity index (χ4n) is 1.89. The molecule has 2 unspecified atom stereocenters. The van der Waals surface area contributed by atoms with Gasteiger partial charge in [-0.2, -0.15) is 0 Å². The van der Waals surface area contributed by atoms with Gasteiger partial charge in [-0.25, -0.2) is 4.79 Å². The number of rotatable bonds is 8. The van der Waals surface area contributed by atoms with Crippen LogP contribution in [0.15, 0.2) is 12.7 Å². The molecule has 0 aromatic carbocycles. The van der Waals surface area contributed by atoms with Crippen LogP contribution in [0.4, 0.5) is 4.79 Å². The Labute approximate surface area is 101 Å². The number of nitrogens with two attached hydrogens (primary N) is 1. The summed E-state index contributed by atoms with van der Waals surface area (Å²) < 4.78 is 5.16. The largest absolute Gasteiger partial charge is 0.391 e. The molecule has 2 atom stereocenters. The zero-order chi connectivity index (χ0) is 12.7. The number of carbonyl (C=O) groups excluding carboxylic acids is 1. The fourth-order valence-corrected chi connectivity index (χ4v) is 1.89. The molecule has 0 aliphatic carbocycles. The van der Waals surface area contributed by atoms with Crippen LogP contribution in [0.2, 0.25) is 0 Å². The molecule has 0 saturated carbocycles. The van der Waals surface area contributed by atoms with Gasteiger partial charge in [0.2, 0.25) is 0 Å². The number of nitrogens with one attached hydrogen (secondary N) is 1. The maximum atomic E-state index is 11.4. The molecule has 1 fully saturated rings. The van der Waals surface area contributed by atoms with E-state index in [2.05, 4.69) is 11.9 Å². The molecule has 98 valence electrons. The van der Waals surface area contributed by atoms with E-state index in [0.29, 0.717) is 32.7 Å². The smallest absolute Gasteiger partial charge is 0.317 e. The van der Waals surface area contributed by atoms with Crippen molar-refractivity contribution in [2.75, 3.05) is 32.8 Å². The third-order valence-corrected chi connectivity index (χ3v) is 2.65. The van der Waals surface area contributed by atoms with Crippen LogP contribution in [-0.2, 0) is 4.74 Å². The van der Waals surface area contributed by atoms with Gasteiger partial charge in [0.05, 0.1) is 25.4 Å². The van der Waals surface area contributed by atoms with Gasteiger partial charge in [0.1, 0.15) is 0 Å².